The first-order chi connectivity index (χ1) is 23.0. The van der Waals surface area contributed by atoms with Crippen LogP contribution >= 0.6 is 0 Å². The van der Waals surface area contributed by atoms with E-state index in [1.54, 1.807) is 42.5 Å². The number of benzene rings is 1. The molecule has 4 rings (SSSR count). The molecule has 1 fully saturated rings. The Balaban J connectivity index is 1.56. The number of alkyl halides is 6. The van der Waals surface area contributed by atoms with E-state index in [4.69, 9.17) is 9.47 Å². The van der Waals surface area contributed by atoms with Gasteiger partial charge in [-0.2, -0.15) is 31.4 Å². The van der Waals surface area contributed by atoms with Crippen LogP contribution < -0.4 is 4.90 Å². The van der Waals surface area contributed by atoms with Gasteiger partial charge in [-0.05, 0) is 74.8 Å². The van der Waals surface area contributed by atoms with Gasteiger partial charge < -0.3 is 19.3 Å². The van der Waals surface area contributed by atoms with Crippen LogP contribution in [0.2, 0.25) is 0 Å². The minimum Gasteiger partial charge on any atom is -0.469 e. The Labute approximate surface area is 281 Å². The first-order valence-electron chi connectivity index (χ1n) is 16.1. The lowest BCUT2D eigenvalue weighted by Gasteiger charge is -2.36. The second kappa shape index (κ2) is 15.6. The van der Waals surface area contributed by atoms with Crippen LogP contribution in [0.5, 0.6) is 0 Å². The van der Waals surface area contributed by atoms with Crippen LogP contribution in [0.3, 0.4) is 0 Å². The van der Waals surface area contributed by atoms with Crippen molar-refractivity contribution in [3.8, 4) is 0 Å². The van der Waals surface area contributed by atoms with Crippen LogP contribution in [0.15, 0.2) is 35.7 Å². The summed E-state index contributed by atoms with van der Waals surface area (Å²) in [5.41, 5.74) is -2.31. The van der Waals surface area contributed by atoms with Crippen LogP contribution in [0.1, 0.15) is 80.5 Å². The fourth-order valence-electron chi connectivity index (χ4n) is 6.24. The summed E-state index contributed by atoms with van der Waals surface area (Å²) in [6.45, 7) is 3.85. The van der Waals surface area contributed by atoms with E-state index in [1.165, 1.54) is 12.0 Å². The molecule has 1 aromatic heterocycles. The number of esters is 1. The first-order valence-corrected chi connectivity index (χ1v) is 16.1. The molecule has 2 aromatic rings. The van der Waals surface area contributed by atoms with E-state index in [0.717, 1.165) is 5.56 Å². The fourth-order valence-corrected chi connectivity index (χ4v) is 6.24. The number of amides is 1. The molecular formula is C33H42F6N6O4. The normalized spacial score (nSPS) is 20.9. The van der Waals surface area contributed by atoms with E-state index in [0.29, 0.717) is 50.8 Å². The standard InChI is InChI=1S/C33H42F6N6O4/c1-6-27(44(4)31(47)49-28-9-7-22(8-10-28)29(46)48-5)11-20(2)45(30-40-15-23(16-41-30)24-17-42-43(3)19-24)18-21-12-25(32(34,35)36)14-26(13-21)33(37,38)39/h12-17,20,22,24,27-28H,6-11,18-19H2,1-5H3/t20-,22-,24?,27-,28-/m1/s1. The van der Waals surface area contributed by atoms with Gasteiger partial charge in [0.25, 0.3) is 0 Å². The Morgan fingerprint density at radius 2 is 1.59 bits per heavy atom. The van der Waals surface area contributed by atoms with E-state index < -0.39 is 41.7 Å². The molecule has 0 N–H and O–H groups in total. The summed E-state index contributed by atoms with van der Waals surface area (Å²) in [6.07, 6.45) is -3.23. The third-order valence-corrected chi connectivity index (χ3v) is 9.18. The van der Waals surface area contributed by atoms with E-state index in [1.807, 2.05) is 14.0 Å². The lowest BCUT2D eigenvalue weighted by atomic mass is 9.87. The highest BCUT2D eigenvalue weighted by atomic mass is 19.4. The van der Waals surface area contributed by atoms with Gasteiger partial charge in [-0.1, -0.05) is 6.92 Å². The molecule has 49 heavy (non-hydrogen) atoms. The number of hydrazone groups is 1. The van der Waals surface area contributed by atoms with Crippen LogP contribution in [0, 0.1) is 5.92 Å². The second-order valence-corrected chi connectivity index (χ2v) is 12.7. The zero-order valence-corrected chi connectivity index (χ0v) is 28.1. The molecule has 2 heterocycles. The Kier molecular flexibility index (Phi) is 12.0. The van der Waals surface area contributed by atoms with Gasteiger partial charge in [0.15, 0.2) is 0 Å². The SMILES string of the molecule is CC[C@H](C[C@@H](C)N(Cc1cc(C(F)(F)F)cc(C(F)(F)F)c1)c1ncc(C2C=NN(C)C2)cn1)N(C)C(=O)O[C@H]1CC[C@H](C(=O)OC)CC1. The monoisotopic (exact) mass is 700 g/mol. The highest BCUT2D eigenvalue weighted by molar-refractivity contribution is 5.72. The molecule has 1 unspecified atom stereocenters. The number of halogens is 6. The van der Waals surface area contributed by atoms with Crippen molar-refractivity contribution in [2.24, 2.45) is 11.0 Å². The zero-order chi connectivity index (χ0) is 36.1. The molecule has 10 nitrogen and oxygen atoms in total. The number of rotatable bonds is 11. The number of carbonyl (C=O) groups excluding carboxylic acids is 2. The summed E-state index contributed by atoms with van der Waals surface area (Å²) in [5, 5.41) is 5.96. The van der Waals surface area contributed by atoms with Crippen LogP contribution in [-0.4, -0.2) is 84.1 Å². The Bertz CT molecular complexity index is 1430. The average Bonchev–Trinajstić information content (AvgIpc) is 3.50. The molecule has 0 radical (unpaired) electrons. The molecule has 0 saturated heterocycles. The van der Waals surface area contributed by atoms with Crippen molar-refractivity contribution in [2.45, 2.75) is 95.4 Å². The minimum atomic E-state index is -5.00. The number of anilines is 1. The topological polar surface area (TPSA) is 100 Å². The highest BCUT2D eigenvalue weighted by Crippen LogP contribution is 2.37. The summed E-state index contributed by atoms with van der Waals surface area (Å²) < 4.78 is 92.8. The number of nitrogens with zero attached hydrogens (tertiary/aromatic N) is 6. The number of methoxy groups -OCH3 is 1. The lowest BCUT2D eigenvalue weighted by Crippen LogP contribution is -2.44. The molecular weight excluding hydrogens is 658 g/mol. The molecule has 1 aliphatic carbocycles. The number of hydrogen-bond acceptors (Lipinski definition) is 9. The quantitative estimate of drug-likeness (QED) is 0.185. The number of likely N-dealkylation sites (N-methyl/N-ethyl adjacent to an activating group) is 1. The van der Waals surface area contributed by atoms with Crippen LogP contribution in [-0.2, 0) is 33.2 Å². The summed E-state index contributed by atoms with van der Waals surface area (Å²) in [4.78, 5) is 37.0. The van der Waals surface area contributed by atoms with E-state index in [9.17, 15) is 35.9 Å². The predicted octanol–water partition coefficient (Wildman–Crippen LogP) is 6.89. The smallest absolute Gasteiger partial charge is 0.416 e. The van der Waals surface area contributed by atoms with Gasteiger partial charge in [-0.15, -0.1) is 0 Å². The third-order valence-electron chi connectivity index (χ3n) is 9.18. The Hall–Kier alpha value is -4.11. The summed E-state index contributed by atoms with van der Waals surface area (Å²) in [6, 6.07) is 0.532. The fraction of sp³-hybridized carbons (Fsp3) is 0.606. The molecule has 270 valence electrons. The predicted molar refractivity (Wildman–Crippen MR) is 169 cm³/mol. The molecule has 16 heteroatoms. The largest absolute Gasteiger partial charge is 0.469 e. The molecule has 3 atom stereocenters. The Morgan fingerprint density at radius 1 is 1.00 bits per heavy atom. The highest BCUT2D eigenvalue weighted by Gasteiger charge is 2.38. The van der Waals surface area contributed by atoms with Crippen LogP contribution in [0.4, 0.5) is 37.1 Å². The van der Waals surface area contributed by atoms with Crippen molar-refractivity contribution in [1.82, 2.24) is 19.9 Å². The van der Waals surface area contributed by atoms with E-state index >= 15 is 0 Å². The summed E-state index contributed by atoms with van der Waals surface area (Å²) in [5.74, 6) is -0.499. The van der Waals surface area contributed by atoms with Gasteiger partial charge in [0.2, 0.25) is 5.95 Å². The van der Waals surface area contributed by atoms with Crippen molar-refractivity contribution >= 4 is 24.2 Å². The maximum absolute atomic E-state index is 13.7. The molecule has 0 bridgehead atoms. The molecule has 1 amide bonds. The van der Waals surface area contributed by atoms with Gasteiger partial charge in [-0.25, -0.2) is 14.8 Å². The van der Waals surface area contributed by atoms with Crippen molar-refractivity contribution < 1.29 is 45.4 Å². The zero-order valence-electron chi connectivity index (χ0n) is 28.1. The molecule has 0 spiro atoms. The number of hydrogen-bond donors (Lipinski definition) is 0. The van der Waals surface area contributed by atoms with E-state index in [2.05, 4.69) is 15.1 Å². The van der Waals surface area contributed by atoms with Crippen LogP contribution in [0.25, 0.3) is 0 Å². The molecule has 1 aromatic carbocycles. The van der Waals surface area contributed by atoms with Gasteiger partial charge in [-0.3, -0.25) is 9.80 Å². The van der Waals surface area contributed by atoms with Crippen molar-refractivity contribution in [1.29, 1.82) is 0 Å². The van der Waals surface area contributed by atoms with Crippen molar-refractivity contribution in [3.05, 3.63) is 52.8 Å². The summed E-state index contributed by atoms with van der Waals surface area (Å²) in [7, 11) is 4.73. The van der Waals surface area contributed by atoms with Crippen molar-refractivity contribution in [2.75, 3.05) is 32.6 Å². The number of carbonyl (C=O) groups is 2. The summed E-state index contributed by atoms with van der Waals surface area (Å²) >= 11 is 0. The minimum absolute atomic E-state index is 0.0811. The molecule has 2 aliphatic rings. The molecule has 1 aliphatic heterocycles. The van der Waals surface area contributed by atoms with Gasteiger partial charge in [0, 0.05) is 63.8 Å². The van der Waals surface area contributed by atoms with Gasteiger partial charge in [0.1, 0.15) is 6.10 Å². The number of ether oxygens (including phenoxy) is 2. The first kappa shape index (κ1) is 37.7. The number of aromatic nitrogens is 2. The molecule has 1 saturated carbocycles. The van der Waals surface area contributed by atoms with Gasteiger partial charge in [0.05, 0.1) is 24.2 Å². The lowest BCUT2D eigenvalue weighted by molar-refractivity contribution is -0.147. The maximum atomic E-state index is 13.7. The maximum Gasteiger partial charge on any atom is 0.416 e. The van der Waals surface area contributed by atoms with Gasteiger partial charge >= 0.3 is 24.4 Å². The third kappa shape index (κ3) is 9.75. The Morgan fingerprint density at radius 3 is 2.08 bits per heavy atom. The average molecular weight is 701 g/mol. The second-order valence-electron chi connectivity index (χ2n) is 12.7. The van der Waals surface area contributed by atoms with Crippen molar-refractivity contribution in [3.63, 3.8) is 0 Å². The van der Waals surface area contributed by atoms with E-state index in [-0.39, 0.29) is 54.5 Å².